The quantitative estimate of drug-likeness (QED) is 0.868. The van der Waals surface area contributed by atoms with Crippen LogP contribution < -0.4 is 10.1 Å². The van der Waals surface area contributed by atoms with Gasteiger partial charge in [-0.1, -0.05) is 0 Å². The smallest absolute Gasteiger partial charge is 0.387 e. The van der Waals surface area contributed by atoms with E-state index in [2.05, 4.69) is 20.0 Å². The highest BCUT2D eigenvalue weighted by atomic mass is 35.5. The molecule has 1 heterocycles. The Bertz CT molecular complexity index is 563. The molecule has 0 saturated carbocycles. The number of hydrogen-bond acceptors (Lipinski definition) is 4. The first-order valence-electron chi connectivity index (χ1n) is 5.35. The third-order valence-corrected chi connectivity index (χ3v) is 2.47. The summed E-state index contributed by atoms with van der Waals surface area (Å²) in [5.74, 6) is 0.653. The van der Waals surface area contributed by atoms with Crippen LogP contribution in [0.2, 0.25) is 5.28 Å². The molecule has 0 amide bonds. The standard InChI is InChI=1S/C12H10ClF2N3O/c1-7-6-16-11(13)18-10(7)17-8-2-4-9(5-3-8)19-12(14)15/h2-6,12H,1H3,(H,16,17,18). The Hall–Kier alpha value is -1.95. The fourth-order valence-electron chi connectivity index (χ4n) is 1.40. The van der Waals surface area contributed by atoms with Gasteiger partial charge >= 0.3 is 6.61 Å². The van der Waals surface area contributed by atoms with Gasteiger partial charge < -0.3 is 10.1 Å². The molecule has 0 radical (unpaired) electrons. The van der Waals surface area contributed by atoms with Gasteiger partial charge in [-0.25, -0.2) is 9.97 Å². The lowest BCUT2D eigenvalue weighted by Crippen LogP contribution is -2.02. The van der Waals surface area contributed by atoms with E-state index < -0.39 is 6.61 Å². The first-order valence-corrected chi connectivity index (χ1v) is 5.73. The van der Waals surface area contributed by atoms with Crippen molar-refractivity contribution in [2.45, 2.75) is 13.5 Å². The summed E-state index contributed by atoms with van der Waals surface area (Å²) < 4.78 is 28.2. The molecule has 2 aromatic rings. The molecule has 2 rings (SSSR count). The lowest BCUT2D eigenvalue weighted by molar-refractivity contribution is -0.0498. The predicted octanol–water partition coefficient (Wildman–Crippen LogP) is 3.78. The molecule has 19 heavy (non-hydrogen) atoms. The van der Waals surface area contributed by atoms with Crippen LogP contribution in [0.3, 0.4) is 0 Å². The Morgan fingerprint density at radius 2 is 1.95 bits per heavy atom. The minimum atomic E-state index is -2.83. The normalized spacial score (nSPS) is 10.6. The molecular formula is C12H10ClF2N3O. The number of ether oxygens (including phenoxy) is 1. The number of benzene rings is 1. The molecule has 100 valence electrons. The van der Waals surface area contributed by atoms with Crippen LogP contribution in [0.15, 0.2) is 30.5 Å². The summed E-state index contributed by atoms with van der Waals surface area (Å²) in [6, 6.07) is 6.08. The van der Waals surface area contributed by atoms with Gasteiger partial charge in [-0.2, -0.15) is 8.78 Å². The third kappa shape index (κ3) is 3.75. The number of anilines is 2. The zero-order valence-electron chi connectivity index (χ0n) is 9.90. The third-order valence-electron chi connectivity index (χ3n) is 2.28. The topological polar surface area (TPSA) is 47.0 Å². The summed E-state index contributed by atoms with van der Waals surface area (Å²) >= 11 is 5.70. The number of hydrogen-bond donors (Lipinski definition) is 1. The van der Waals surface area contributed by atoms with Crippen LogP contribution >= 0.6 is 11.6 Å². The van der Waals surface area contributed by atoms with E-state index in [9.17, 15) is 8.78 Å². The van der Waals surface area contributed by atoms with E-state index in [4.69, 9.17) is 11.6 Å². The summed E-state index contributed by atoms with van der Waals surface area (Å²) in [6.45, 7) is -1.01. The second kappa shape index (κ2) is 5.79. The maximum absolute atomic E-state index is 12.0. The van der Waals surface area contributed by atoms with Gasteiger partial charge in [-0.05, 0) is 42.8 Å². The molecule has 1 aromatic carbocycles. The van der Waals surface area contributed by atoms with Crippen LogP contribution in [-0.4, -0.2) is 16.6 Å². The second-order valence-corrected chi connectivity index (χ2v) is 4.04. The molecule has 0 unspecified atom stereocenters. The van der Waals surface area contributed by atoms with Gasteiger partial charge in [0, 0.05) is 17.4 Å². The number of alkyl halides is 2. The number of nitrogens with zero attached hydrogens (tertiary/aromatic N) is 2. The van der Waals surface area contributed by atoms with Crippen molar-refractivity contribution >= 4 is 23.1 Å². The molecule has 0 fully saturated rings. The van der Waals surface area contributed by atoms with Gasteiger partial charge in [0.2, 0.25) is 5.28 Å². The van der Waals surface area contributed by atoms with Crippen molar-refractivity contribution in [3.05, 3.63) is 41.3 Å². The average molecular weight is 286 g/mol. The number of aryl methyl sites for hydroxylation is 1. The zero-order valence-corrected chi connectivity index (χ0v) is 10.7. The van der Waals surface area contributed by atoms with Crippen molar-refractivity contribution in [3.63, 3.8) is 0 Å². The molecule has 0 aliphatic carbocycles. The Balaban J connectivity index is 2.13. The van der Waals surface area contributed by atoms with Gasteiger partial charge in [0.1, 0.15) is 11.6 Å². The minimum absolute atomic E-state index is 0.0954. The summed E-state index contributed by atoms with van der Waals surface area (Å²) in [4.78, 5) is 7.87. The molecule has 4 nitrogen and oxygen atoms in total. The largest absolute Gasteiger partial charge is 0.435 e. The summed E-state index contributed by atoms with van der Waals surface area (Å²) in [6.07, 6.45) is 1.59. The highest BCUT2D eigenvalue weighted by Gasteiger charge is 2.05. The fourth-order valence-corrected chi connectivity index (χ4v) is 1.54. The maximum atomic E-state index is 12.0. The SMILES string of the molecule is Cc1cnc(Cl)nc1Nc1ccc(OC(F)F)cc1. The molecule has 0 aliphatic rings. The van der Waals surface area contributed by atoms with Crippen molar-refractivity contribution in [2.75, 3.05) is 5.32 Å². The first kappa shape index (κ1) is 13.5. The van der Waals surface area contributed by atoms with E-state index in [1.54, 1.807) is 18.3 Å². The zero-order chi connectivity index (χ0) is 13.8. The fraction of sp³-hybridized carbons (Fsp3) is 0.167. The van der Waals surface area contributed by atoms with Crippen molar-refractivity contribution in [2.24, 2.45) is 0 Å². The van der Waals surface area contributed by atoms with Crippen molar-refractivity contribution in [3.8, 4) is 5.75 Å². The van der Waals surface area contributed by atoms with E-state index in [1.165, 1.54) is 12.1 Å². The van der Waals surface area contributed by atoms with Crippen LogP contribution in [-0.2, 0) is 0 Å². The van der Waals surface area contributed by atoms with E-state index >= 15 is 0 Å². The van der Waals surface area contributed by atoms with Crippen molar-refractivity contribution < 1.29 is 13.5 Å². The monoisotopic (exact) mass is 285 g/mol. The van der Waals surface area contributed by atoms with Crippen LogP contribution in [0.5, 0.6) is 5.75 Å². The summed E-state index contributed by atoms with van der Waals surface area (Å²) in [7, 11) is 0. The molecule has 0 saturated heterocycles. The number of nitrogens with one attached hydrogen (secondary N) is 1. The van der Waals surface area contributed by atoms with Gasteiger partial charge in [0.15, 0.2) is 0 Å². The lowest BCUT2D eigenvalue weighted by Gasteiger charge is -2.09. The highest BCUT2D eigenvalue weighted by molar-refractivity contribution is 6.28. The molecule has 0 aliphatic heterocycles. The first-order chi connectivity index (χ1) is 9.04. The van der Waals surface area contributed by atoms with Gasteiger partial charge in [-0.3, -0.25) is 0 Å². The predicted molar refractivity (Wildman–Crippen MR) is 68.1 cm³/mol. The molecule has 0 atom stereocenters. The second-order valence-electron chi connectivity index (χ2n) is 3.70. The number of halogens is 3. The van der Waals surface area contributed by atoms with Crippen molar-refractivity contribution in [1.82, 2.24) is 9.97 Å². The number of aromatic nitrogens is 2. The van der Waals surface area contributed by atoms with E-state index in [0.717, 1.165) is 5.56 Å². The maximum Gasteiger partial charge on any atom is 0.387 e. The van der Waals surface area contributed by atoms with Crippen LogP contribution in [0.1, 0.15) is 5.56 Å². The Labute approximate surface area is 113 Å². The highest BCUT2D eigenvalue weighted by Crippen LogP contribution is 2.22. The minimum Gasteiger partial charge on any atom is -0.435 e. The van der Waals surface area contributed by atoms with Gasteiger partial charge in [-0.15, -0.1) is 0 Å². The van der Waals surface area contributed by atoms with Crippen LogP contribution in [0.25, 0.3) is 0 Å². The molecule has 0 bridgehead atoms. The molecule has 1 aromatic heterocycles. The van der Waals surface area contributed by atoms with Gasteiger partial charge in [0.25, 0.3) is 0 Å². The molecule has 0 spiro atoms. The van der Waals surface area contributed by atoms with E-state index in [1.807, 2.05) is 6.92 Å². The molecular weight excluding hydrogens is 276 g/mol. The lowest BCUT2D eigenvalue weighted by atomic mass is 10.3. The Morgan fingerprint density at radius 3 is 2.58 bits per heavy atom. The average Bonchev–Trinajstić information content (AvgIpc) is 2.35. The molecule has 1 N–H and O–H groups in total. The van der Waals surface area contributed by atoms with Crippen molar-refractivity contribution in [1.29, 1.82) is 0 Å². The number of rotatable bonds is 4. The summed E-state index contributed by atoms with van der Waals surface area (Å²) in [5.41, 5.74) is 1.50. The van der Waals surface area contributed by atoms with Crippen LogP contribution in [0, 0.1) is 6.92 Å². The summed E-state index contributed by atoms with van der Waals surface area (Å²) in [5, 5.41) is 3.15. The van der Waals surface area contributed by atoms with Gasteiger partial charge in [0.05, 0.1) is 0 Å². The van der Waals surface area contributed by atoms with E-state index in [-0.39, 0.29) is 11.0 Å². The van der Waals surface area contributed by atoms with E-state index in [0.29, 0.717) is 11.5 Å². The molecule has 7 heteroatoms. The van der Waals surface area contributed by atoms with Crippen LogP contribution in [0.4, 0.5) is 20.3 Å². The Morgan fingerprint density at radius 1 is 1.26 bits per heavy atom. The Kier molecular flexibility index (Phi) is 4.11.